The lowest BCUT2D eigenvalue weighted by Crippen LogP contribution is -2.34. The predicted molar refractivity (Wildman–Crippen MR) is 81.5 cm³/mol. The normalized spacial score (nSPS) is 20.1. The number of rotatable bonds is 3. The van der Waals surface area contributed by atoms with Crippen molar-refractivity contribution in [2.45, 2.75) is 25.3 Å². The zero-order chi connectivity index (χ0) is 15.0. The highest BCUT2D eigenvalue weighted by Gasteiger charge is 2.39. The summed E-state index contributed by atoms with van der Waals surface area (Å²) in [5.41, 5.74) is 2.04. The Morgan fingerprint density at radius 1 is 1.19 bits per heavy atom. The van der Waals surface area contributed by atoms with Gasteiger partial charge < -0.3 is 9.88 Å². The molecule has 2 atom stereocenters. The molecule has 1 aliphatic rings. The minimum Gasteiger partial charge on any atom is -0.348 e. The second-order valence-electron chi connectivity index (χ2n) is 5.59. The molecule has 1 aromatic heterocycles. The predicted octanol–water partition coefficient (Wildman–Crippen LogP) is 1.98. The van der Waals surface area contributed by atoms with Gasteiger partial charge in [-0.05, 0) is 31.0 Å². The Morgan fingerprint density at radius 3 is 2.62 bits per heavy atom. The molecule has 1 aromatic carbocycles. The molecule has 108 valence electrons. The van der Waals surface area contributed by atoms with Gasteiger partial charge in [0.05, 0.1) is 0 Å². The number of carbonyl (C=O) groups excluding carboxylic acids is 1. The van der Waals surface area contributed by atoms with Crippen LogP contribution in [0.15, 0.2) is 47.3 Å². The van der Waals surface area contributed by atoms with Crippen molar-refractivity contribution in [3.63, 3.8) is 0 Å². The van der Waals surface area contributed by atoms with Gasteiger partial charge in [0.25, 0.3) is 11.5 Å². The molecule has 4 nitrogen and oxygen atoms in total. The quantitative estimate of drug-likeness (QED) is 0.936. The van der Waals surface area contributed by atoms with Crippen molar-refractivity contribution >= 4 is 5.91 Å². The van der Waals surface area contributed by atoms with Crippen molar-refractivity contribution in [3.8, 4) is 0 Å². The van der Waals surface area contributed by atoms with Gasteiger partial charge in [0.2, 0.25) is 0 Å². The average Bonchev–Trinajstić information content (AvgIpc) is 3.25. The largest absolute Gasteiger partial charge is 0.348 e. The number of nitrogens with zero attached hydrogens (tertiary/aromatic N) is 1. The number of hydrogen-bond donors (Lipinski definition) is 1. The summed E-state index contributed by atoms with van der Waals surface area (Å²) in [6, 6.07) is 13.7. The summed E-state index contributed by atoms with van der Waals surface area (Å²) < 4.78 is 1.50. The number of benzene rings is 1. The third-order valence-corrected chi connectivity index (χ3v) is 4.13. The Balaban J connectivity index is 1.72. The highest BCUT2D eigenvalue weighted by molar-refractivity contribution is 5.94. The van der Waals surface area contributed by atoms with Crippen LogP contribution in [0.3, 0.4) is 0 Å². The number of carbonyl (C=O) groups is 1. The Labute approximate surface area is 123 Å². The summed E-state index contributed by atoms with van der Waals surface area (Å²) in [6.45, 7) is 1.84. The molecule has 1 fully saturated rings. The van der Waals surface area contributed by atoms with Gasteiger partial charge in [0, 0.05) is 24.7 Å². The highest BCUT2D eigenvalue weighted by Crippen LogP contribution is 2.40. The molecule has 4 heteroatoms. The number of aromatic nitrogens is 1. The van der Waals surface area contributed by atoms with E-state index in [0.717, 1.165) is 12.1 Å². The summed E-state index contributed by atoms with van der Waals surface area (Å²) >= 11 is 0. The standard InChI is InChI=1S/C17H18N2O2/c1-11-8-9-13(17(21)19(11)2)16(20)18-15-10-14(15)12-6-4-3-5-7-12/h3-9,14-15H,10H2,1-2H3,(H,18,20). The van der Waals surface area contributed by atoms with E-state index in [-0.39, 0.29) is 23.1 Å². The molecule has 1 amide bonds. The second kappa shape index (κ2) is 5.20. The monoisotopic (exact) mass is 282 g/mol. The zero-order valence-corrected chi connectivity index (χ0v) is 12.2. The number of hydrogen-bond acceptors (Lipinski definition) is 2. The lowest BCUT2D eigenvalue weighted by Gasteiger charge is -2.08. The Kier molecular flexibility index (Phi) is 3.37. The van der Waals surface area contributed by atoms with Crippen molar-refractivity contribution in [1.82, 2.24) is 9.88 Å². The first kappa shape index (κ1) is 13.6. The number of aryl methyl sites for hydroxylation is 1. The van der Waals surface area contributed by atoms with Crippen molar-refractivity contribution in [1.29, 1.82) is 0 Å². The summed E-state index contributed by atoms with van der Waals surface area (Å²) in [6.07, 6.45) is 0.932. The second-order valence-corrected chi connectivity index (χ2v) is 5.59. The third kappa shape index (κ3) is 2.61. The molecule has 0 aliphatic heterocycles. The van der Waals surface area contributed by atoms with Gasteiger partial charge in [-0.25, -0.2) is 0 Å². The molecule has 1 N–H and O–H groups in total. The summed E-state index contributed by atoms with van der Waals surface area (Å²) in [5.74, 6) is 0.0866. The topological polar surface area (TPSA) is 51.1 Å². The van der Waals surface area contributed by atoms with Crippen molar-refractivity contribution in [3.05, 3.63) is 69.6 Å². The number of amides is 1. The Hall–Kier alpha value is -2.36. The highest BCUT2D eigenvalue weighted by atomic mass is 16.2. The first-order valence-corrected chi connectivity index (χ1v) is 7.10. The van der Waals surface area contributed by atoms with Crippen LogP contribution in [0.2, 0.25) is 0 Å². The molecular weight excluding hydrogens is 264 g/mol. The SMILES string of the molecule is Cc1ccc(C(=O)NC2CC2c2ccccc2)c(=O)n1C. The van der Waals surface area contributed by atoms with Crippen LogP contribution in [0.1, 0.15) is 34.0 Å². The van der Waals surface area contributed by atoms with Crippen LogP contribution in [0.25, 0.3) is 0 Å². The van der Waals surface area contributed by atoms with Crippen LogP contribution < -0.4 is 10.9 Å². The molecule has 1 aliphatic carbocycles. The van der Waals surface area contributed by atoms with Crippen LogP contribution in [-0.4, -0.2) is 16.5 Å². The summed E-state index contributed by atoms with van der Waals surface area (Å²) in [5, 5.41) is 2.95. The van der Waals surface area contributed by atoms with Gasteiger partial charge in [-0.15, -0.1) is 0 Å². The molecule has 0 radical (unpaired) electrons. The molecule has 2 aromatic rings. The number of nitrogens with one attached hydrogen (secondary N) is 1. The van der Waals surface area contributed by atoms with E-state index in [1.54, 1.807) is 19.2 Å². The van der Waals surface area contributed by atoms with E-state index in [4.69, 9.17) is 0 Å². The van der Waals surface area contributed by atoms with Gasteiger partial charge >= 0.3 is 0 Å². The van der Waals surface area contributed by atoms with Gasteiger partial charge in [0.1, 0.15) is 5.56 Å². The molecule has 0 spiro atoms. The Bertz CT molecular complexity index is 734. The van der Waals surface area contributed by atoms with E-state index in [9.17, 15) is 9.59 Å². The van der Waals surface area contributed by atoms with Crippen LogP contribution in [0.4, 0.5) is 0 Å². The lowest BCUT2D eigenvalue weighted by atomic mass is 10.1. The average molecular weight is 282 g/mol. The smallest absolute Gasteiger partial charge is 0.263 e. The molecule has 0 bridgehead atoms. The third-order valence-electron chi connectivity index (χ3n) is 4.13. The van der Waals surface area contributed by atoms with Crippen LogP contribution >= 0.6 is 0 Å². The van der Waals surface area contributed by atoms with E-state index in [2.05, 4.69) is 17.4 Å². The molecule has 0 saturated heterocycles. The fourth-order valence-corrected chi connectivity index (χ4v) is 2.57. The molecule has 1 heterocycles. The van der Waals surface area contributed by atoms with Crippen molar-refractivity contribution in [2.75, 3.05) is 0 Å². The van der Waals surface area contributed by atoms with Crippen molar-refractivity contribution in [2.24, 2.45) is 7.05 Å². The van der Waals surface area contributed by atoms with E-state index in [1.807, 2.05) is 25.1 Å². The van der Waals surface area contributed by atoms with Crippen LogP contribution in [-0.2, 0) is 7.05 Å². The maximum Gasteiger partial charge on any atom is 0.263 e. The lowest BCUT2D eigenvalue weighted by molar-refractivity contribution is 0.0948. The Morgan fingerprint density at radius 2 is 1.90 bits per heavy atom. The fraction of sp³-hybridized carbons (Fsp3) is 0.294. The van der Waals surface area contributed by atoms with Crippen LogP contribution in [0.5, 0.6) is 0 Å². The van der Waals surface area contributed by atoms with Gasteiger partial charge in [0.15, 0.2) is 0 Å². The zero-order valence-electron chi connectivity index (χ0n) is 12.2. The van der Waals surface area contributed by atoms with E-state index >= 15 is 0 Å². The van der Waals surface area contributed by atoms with Crippen LogP contribution in [0, 0.1) is 6.92 Å². The van der Waals surface area contributed by atoms with E-state index in [0.29, 0.717) is 5.92 Å². The van der Waals surface area contributed by atoms with Gasteiger partial charge in [-0.3, -0.25) is 9.59 Å². The van der Waals surface area contributed by atoms with Crippen molar-refractivity contribution < 1.29 is 4.79 Å². The van der Waals surface area contributed by atoms with E-state index in [1.165, 1.54) is 10.1 Å². The molecular formula is C17H18N2O2. The maximum atomic E-state index is 12.2. The van der Waals surface area contributed by atoms with E-state index < -0.39 is 0 Å². The molecule has 21 heavy (non-hydrogen) atoms. The van der Waals surface area contributed by atoms with Gasteiger partial charge in [-0.1, -0.05) is 30.3 Å². The summed E-state index contributed by atoms with van der Waals surface area (Å²) in [4.78, 5) is 24.3. The number of pyridine rings is 1. The van der Waals surface area contributed by atoms with Gasteiger partial charge in [-0.2, -0.15) is 0 Å². The first-order valence-electron chi connectivity index (χ1n) is 7.10. The summed E-state index contributed by atoms with van der Waals surface area (Å²) in [7, 11) is 1.68. The maximum absolute atomic E-state index is 12.2. The minimum absolute atomic E-state index is 0.130. The minimum atomic E-state index is -0.279. The molecule has 1 saturated carbocycles. The molecule has 2 unspecified atom stereocenters. The first-order chi connectivity index (χ1) is 10.1. The molecule has 3 rings (SSSR count). The fourth-order valence-electron chi connectivity index (χ4n) is 2.57.